The first-order valence-corrected chi connectivity index (χ1v) is 11.8. The molecule has 0 spiro atoms. The topological polar surface area (TPSA) is 113 Å². The molecule has 0 aliphatic carbocycles. The van der Waals surface area contributed by atoms with E-state index in [4.69, 9.17) is 4.74 Å². The van der Waals surface area contributed by atoms with Crippen molar-refractivity contribution in [2.45, 2.75) is 89.0 Å². The maximum Gasteiger partial charge on any atom is 1.00 e. The Morgan fingerprint density at radius 2 is 1.60 bits per heavy atom. The van der Waals surface area contributed by atoms with E-state index in [-0.39, 0.29) is 41.2 Å². The van der Waals surface area contributed by atoms with Crippen LogP contribution in [0.25, 0.3) is 0 Å². The summed E-state index contributed by atoms with van der Waals surface area (Å²) < 4.78 is 39.2. The second-order valence-corrected chi connectivity index (χ2v) is 8.45. The molecule has 1 unspecified atom stereocenters. The molecule has 9 heteroatoms. The van der Waals surface area contributed by atoms with E-state index < -0.39 is 27.0 Å². The van der Waals surface area contributed by atoms with Crippen LogP contribution in [0.4, 0.5) is 0 Å². The Hall–Kier alpha value is -0.930. The quantitative estimate of drug-likeness (QED) is 0.149. The van der Waals surface area contributed by atoms with E-state index >= 15 is 0 Å². The Balaban J connectivity index is 0.00000841. The van der Waals surface area contributed by atoms with Crippen molar-refractivity contribution >= 4 is 22.0 Å². The van der Waals surface area contributed by atoms with Gasteiger partial charge in [0.1, 0.15) is 21.9 Å². The van der Waals surface area contributed by atoms with Crippen molar-refractivity contribution in [3.63, 3.8) is 0 Å². The molecule has 0 aliphatic rings. The van der Waals surface area contributed by atoms with Gasteiger partial charge in [-0.2, -0.15) is 0 Å². The zero-order valence-electron chi connectivity index (χ0n) is 18.3. The molecule has 30 heavy (non-hydrogen) atoms. The molecule has 0 fully saturated rings. The molecule has 1 amide bonds. The average molecular weight is 450 g/mol. The van der Waals surface area contributed by atoms with Crippen molar-refractivity contribution in [2.75, 3.05) is 0 Å². The fraction of sp³-hybridized carbons (Fsp3) is 0.619. The summed E-state index contributed by atoms with van der Waals surface area (Å²) in [7, 11) is -4.78. The van der Waals surface area contributed by atoms with Crippen molar-refractivity contribution < 1.29 is 56.9 Å². The summed E-state index contributed by atoms with van der Waals surface area (Å²) in [6.45, 7) is 4.10. The van der Waals surface area contributed by atoms with E-state index in [0.29, 0.717) is 19.3 Å². The third kappa shape index (κ3) is 11.5. The van der Waals surface area contributed by atoms with Crippen molar-refractivity contribution in [3.05, 3.63) is 24.3 Å². The van der Waals surface area contributed by atoms with Crippen LogP contribution in [-0.4, -0.2) is 30.9 Å². The molecule has 0 saturated carbocycles. The fourth-order valence-corrected chi connectivity index (χ4v) is 3.51. The molecule has 0 heterocycles. The zero-order chi connectivity index (χ0) is 21.7. The average Bonchev–Trinajstić information content (AvgIpc) is 2.67. The Morgan fingerprint density at radius 1 is 1.00 bits per heavy atom. The monoisotopic (exact) mass is 449 g/mol. The van der Waals surface area contributed by atoms with Crippen LogP contribution < -0.4 is 39.6 Å². The summed E-state index contributed by atoms with van der Waals surface area (Å²) in [4.78, 5) is 24.2. The number of esters is 1. The Morgan fingerprint density at radius 3 is 2.23 bits per heavy atom. The van der Waals surface area contributed by atoms with Gasteiger partial charge in [0.05, 0.1) is 4.90 Å². The van der Waals surface area contributed by atoms with Gasteiger partial charge < -0.3 is 14.6 Å². The van der Waals surface area contributed by atoms with Crippen molar-refractivity contribution in [2.24, 2.45) is 0 Å². The number of unbranched alkanes of at least 4 members (excludes halogenated alkanes) is 6. The first-order valence-electron chi connectivity index (χ1n) is 10.4. The fourth-order valence-electron chi connectivity index (χ4n) is 2.91. The third-order valence-electron chi connectivity index (χ3n) is 4.55. The summed E-state index contributed by atoms with van der Waals surface area (Å²) in [5.74, 6) is -1.33. The van der Waals surface area contributed by atoms with Gasteiger partial charge in [-0.1, -0.05) is 70.9 Å². The van der Waals surface area contributed by atoms with Crippen LogP contribution in [0.5, 0.6) is 5.75 Å². The number of carbonyl (C=O) groups is 2. The minimum absolute atomic E-state index is 0. The molecule has 1 rings (SSSR count). The van der Waals surface area contributed by atoms with Crippen LogP contribution in [-0.2, 0) is 19.7 Å². The maximum atomic E-state index is 12.5. The maximum absolute atomic E-state index is 12.5. The van der Waals surface area contributed by atoms with E-state index in [2.05, 4.69) is 12.2 Å². The predicted octanol–water partition coefficient (Wildman–Crippen LogP) is 0.926. The number of hydrogen-bond acceptors (Lipinski definition) is 6. The molecule has 1 aromatic rings. The van der Waals surface area contributed by atoms with Gasteiger partial charge in [0, 0.05) is 6.42 Å². The smallest absolute Gasteiger partial charge is 0.744 e. The predicted molar refractivity (Wildman–Crippen MR) is 109 cm³/mol. The molecular weight excluding hydrogens is 417 g/mol. The number of carbonyl (C=O) groups excluding carboxylic acids is 2. The van der Waals surface area contributed by atoms with Gasteiger partial charge in [0.2, 0.25) is 5.91 Å². The number of para-hydroxylation sites is 1. The Bertz CT molecular complexity index is 754. The first-order chi connectivity index (χ1) is 13.8. The molecule has 164 valence electrons. The number of nitrogens with one attached hydrogen (secondary N) is 1. The van der Waals surface area contributed by atoms with E-state index in [1.165, 1.54) is 31.0 Å². The summed E-state index contributed by atoms with van der Waals surface area (Å²) in [6, 6.07) is 4.29. The standard InChI is InChI=1S/C21H33NO6S.Na/c1-3-5-7-8-9-10-16-20(23)22-17(13-6-4-2)21(24)28-18-14-11-12-15-19(18)29(25,26)27;/h11-12,14-15,17H,3-10,13,16H2,1-2H3,(H,22,23)(H,25,26,27);/q;+1/p-1. The van der Waals surface area contributed by atoms with Crippen LogP contribution in [0.3, 0.4) is 0 Å². The van der Waals surface area contributed by atoms with Gasteiger partial charge in [-0.3, -0.25) is 4.79 Å². The van der Waals surface area contributed by atoms with Gasteiger partial charge >= 0.3 is 35.5 Å². The molecule has 7 nitrogen and oxygen atoms in total. The molecular formula is C21H32NNaO6S. The van der Waals surface area contributed by atoms with E-state index in [0.717, 1.165) is 38.2 Å². The second-order valence-electron chi connectivity index (χ2n) is 7.10. The van der Waals surface area contributed by atoms with Gasteiger partial charge in [-0.05, 0) is 25.0 Å². The second kappa shape index (κ2) is 15.8. The van der Waals surface area contributed by atoms with Crippen LogP contribution in [0, 0.1) is 0 Å². The first kappa shape index (κ1) is 29.1. The summed E-state index contributed by atoms with van der Waals surface area (Å²) in [6.07, 6.45) is 8.54. The molecule has 0 bridgehead atoms. The van der Waals surface area contributed by atoms with Gasteiger partial charge in [0.25, 0.3) is 0 Å². The summed E-state index contributed by atoms with van der Waals surface area (Å²) in [5, 5.41) is 2.69. The largest absolute Gasteiger partial charge is 1.00 e. The number of benzene rings is 1. The Labute approximate surface area is 202 Å². The van der Waals surface area contributed by atoms with E-state index in [1.807, 2.05) is 6.92 Å². The third-order valence-corrected chi connectivity index (χ3v) is 5.43. The molecule has 0 aromatic heterocycles. The minimum Gasteiger partial charge on any atom is -0.744 e. The van der Waals surface area contributed by atoms with E-state index in [9.17, 15) is 22.6 Å². The number of hydrogen-bond donors (Lipinski definition) is 1. The zero-order valence-corrected chi connectivity index (χ0v) is 21.1. The van der Waals surface area contributed by atoms with Crippen LogP contribution in [0.1, 0.15) is 78.1 Å². The number of amides is 1. The van der Waals surface area contributed by atoms with E-state index in [1.54, 1.807) is 0 Å². The molecule has 0 saturated heterocycles. The molecule has 0 radical (unpaired) electrons. The minimum atomic E-state index is -4.78. The molecule has 0 aliphatic heterocycles. The normalized spacial score (nSPS) is 12.0. The van der Waals surface area contributed by atoms with Crippen LogP contribution in [0.15, 0.2) is 29.2 Å². The van der Waals surface area contributed by atoms with Crippen molar-refractivity contribution in [1.82, 2.24) is 5.32 Å². The number of rotatable bonds is 14. The van der Waals surface area contributed by atoms with Gasteiger partial charge in [-0.15, -0.1) is 0 Å². The Kier molecular flexibility index (Phi) is 15.3. The number of ether oxygens (including phenoxy) is 1. The SMILES string of the molecule is CCCCCCCCC(=O)NC(CCCC)C(=O)Oc1ccccc1S(=O)(=O)[O-].[Na+]. The van der Waals surface area contributed by atoms with Crippen molar-refractivity contribution in [3.8, 4) is 5.75 Å². The summed E-state index contributed by atoms with van der Waals surface area (Å²) in [5.41, 5.74) is 0. The summed E-state index contributed by atoms with van der Waals surface area (Å²) >= 11 is 0. The van der Waals surface area contributed by atoms with Crippen molar-refractivity contribution in [1.29, 1.82) is 0 Å². The molecule has 1 aromatic carbocycles. The molecule has 1 atom stereocenters. The van der Waals surface area contributed by atoms with Gasteiger partial charge in [-0.25, -0.2) is 13.2 Å². The van der Waals surface area contributed by atoms with Crippen LogP contribution in [0.2, 0.25) is 0 Å². The van der Waals surface area contributed by atoms with Crippen LogP contribution >= 0.6 is 0 Å². The molecule has 1 N–H and O–H groups in total. The van der Waals surface area contributed by atoms with Gasteiger partial charge in [0.15, 0.2) is 0 Å².